The van der Waals surface area contributed by atoms with Gasteiger partial charge in [-0.15, -0.1) is 0 Å². The Hall–Kier alpha value is -1.30. The molecule has 0 amide bonds. The third-order valence-electron chi connectivity index (χ3n) is 3.36. The van der Waals surface area contributed by atoms with Crippen molar-refractivity contribution in [2.45, 2.75) is 32.6 Å². The molecule has 1 saturated heterocycles. The number of nitrogens with zero attached hydrogens (tertiary/aromatic N) is 1. The molecule has 1 aliphatic heterocycles. The Balaban J connectivity index is 0.000000345. The number of rotatable bonds is 3. The molecule has 2 rings (SSSR count). The van der Waals surface area contributed by atoms with Crippen molar-refractivity contribution >= 4 is 0 Å². The number of phenolic OH excluding ortho intramolecular Hbond substituents is 1. The molecule has 5 nitrogen and oxygen atoms in total. The van der Waals surface area contributed by atoms with E-state index in [-0.39, 0.29) is 11.9 Å². The molecule has 0 atom stereocenters. The van der Waals surface area contributed by atoms with Gasteiger partial charge in [0, 0.05) is 13.1 Å². The highest BCUT2D eigenvalue weighted by Crippen LogP contribution is 2.20. The fourth-order valence-corrected chi connectivity index (χ4v) is 2.20. The van der Waals surface area contributed by atoms with Crippen molar-refractivity contribution in [3.05, 3.63) is 24.3 Å². The fourth-order valence-electron chi connectivity index (χ4n) is 2.20. The molecule has 20 heavy (non-hydrogen) atoms. The zero-order valence-electron chi connectivity index (χ0n) is 12.6. The smallest absolute Gasteiger partial charge is 0.119 e. The van der Waals surface area contributed by atoms with Crippen LogP contribution in [0, 0.1) is 5.92 Å². The molecular weight excluding hydrogens is 256 g/mol. The van der Waals surface area contributed by atoms with Crippen LogP contribution in [0.25, 0.3) is 0 Å². The second kappa shape index (κ2) is 10.5. The lowest BCUT2D eigenvalue weighted by Gasteiger charge is -2.26. The quantitative estimate of drug-likeness (QED) is 0.791. The van der Waals surface area contributed by atoms with E-state index >= 15 is 0 Å². The predicted molar refractivity (Wildman–Crippen MR) is 80.7 cm³/mol. The topological polar surface area (TPSA) is 87.9 Å². The lowest BCUT2D eigenvalue weighted by Crippen LogP contribution is -2.30. The molecular formula is C15H28N2O3. The Morgan fingerprint density at radius 1 is 1.20 bits per heavy atom. The van der Waals surface area contributed by atoms with Gasteiger partial charge in [-0.2, -0.15) is 5.06 Å². The number of aromatic hydroxyl groups is 1. The van der Waals surface area contributed by atoms with E-state index in [0.717, 1.165) is 24.8 Å². The first-order valence-electron chi connectivity index (χ1n) is 6.92. The van der Waals surface area contributed by atoms with E-state index < -0.39 is 0 Å². The highest BCUT2D eigenvalue weighted by Gasteiger charge is 2.16. The monoisotopic (exact) mass is 284 g/mol. The maximum Gasteiger partial charge on any atom is 0.119 e. The van der Waals surface area contributed by atoms with Crippen LogP contribution in [-0.2, 0) is 0 Å². The summed E-state index contributed by atoms with van der Waals surface area (Å²) in [5, 5.41) is 19.3. The molecule has 0 aromatic heterocycles. The largest absolute Gasteiger partial charge is 0.508 e. The van der Waals surface area contributed by atoms with Gasteiger partial charge in [0.2, 0.25) is 0 Å². The van der Waals surface area contributed by atoms with Gasteiger partial charge >= 0.3 is 0 Å². The van der Waals surface area contributed by atoms with Crippen LogP contribution in [0.2, 0.25) is 0 Å². The summed E-state index contributed by atoms with van der Waals surface area (Å²) < 4.78 is 4.86. The summed E-state index contributed by atoms with van der Waals surface area (Å²) in [7, 11) is 1.59. The summed E-state index contributed by atoms with van der Waals surface area (Å²) in [5.74, 6) is 1.90. The molecule has 1 aliphatic rings. The van der Waals surface area contributed by atoms with Gasteiger partial charge in [0.05, 0.1) is 7.11 Å². The number of methoxy groups -OCH3 is 1. The minimum atomic E-state index is 0. The summed E-state index contributed by atoms with van der Waals surface area (Å²) in [5.41, 5.74) is 0. The van der Waals surface area contributed by atoms with Crippen LogP contribution in [0.4, 0.5) is 0 Å². The van der Waals surface area contributed by atoms with Crippen LogP contribution in [0.5, 0.6) is 11.5 Å². The van der Waals surface area contributed by atoms with E-state index in [9.17, 15) is 0 Å². The average Bonchev–Trinajstić information content (AvgIpc) is 2.43. The van der Waals surface area contributed by atoms with Crippen molar-refractivity contribution in [3.63, 3.8) is 0 Å². The minimum Gasteiger partial charge on any atom is -0.508 e. The fraction of sp³-hybridized carbons (Fsp3) is 0.600. The van der Waals surface area contributed by atoms with Crippen LogP contribution in [-0.4, -0.2) is 35.6 Å². The molecule has 1 aromatic carbocycles. The average molecular weight is 284 g/mol. The van der Waals surface area contributed by atoms with E-state index in [2.05, 4.69) is 6.92 Å². The first-order chi connectivity index (χ1) is 9.15. The molecule has 0 unspecified atom stereocenters. The van der Waals surface area contributed by atoms with Gasteiger partial charge in [-0.3, -0.25) is 0 Å². The normalized spacial score (nSPS) is 15.8. The predicted octanol–water partition coefficient (Wildman–Crippen LogP) is 3.45. The van der Waals surface area contributed by atoms with Crippen molar-refractivity contribution in [1.82, 2.24) is 11.2 Å². The molecule has 1 heterocycles. The second-order valence-corrected chi connectivity index (χ2v) is 4.88. The lowest BCUT2D eigenvalue weighted by molar-refractivity contribution is -0.112. The van der Waals surface area contributed by atoms with Crippen molar-refractivity contribution in [2.75, 3.05) is 20.2 Å². The number of hydroxylamine groups is 2. The zero-order chi connectivity index (χ0) is 14.1. The molecule has 1 fully saturated rings. The zero-order valence-corrected chi connectivity index (χ0v) is 12.6. The molecule has 1 aromatic rings. The van der Waals surface area contributed by atoms with Crippen LogP contribution >= 0.6 is 0 Å². The van der Waals surface area contributed by atoms with E-state index in [1.165, 1.54) is 30.7 Å². The maximum absolute atomic E-state index is 9.03. The SMILES string of the molecule is CCCC1CCN(O)CC1.COc1ccc(O)cc1.N. The van der Waals surface area contributed by atoms with Gasteiger partial charge < -0.3 is 21.2 Å². The van der Waals surface area contributed by atoms with Gasteiger partial charge in [-0.05, 0) is 43.0 Å². The summed E-state index contributed by atoms with van der Waals surface area (Å²) >= 11 is 0. The molecule has 0 saturated carbocycles. The Morgan fingerprint density at radius 3 is 2.20 bits per heavy atom. The third kappa shape index (κ3) is 7.33. The van der Waals surface area contributed by atoms with E-state index in [0.29, 0.717) is 0 Å². The van der Waals surface area contributed by atoms with Gasteiger partial charge in [-0.1, -0.05) is 19.8 Å². The first kappa shape index (κ1) is 18.7. The molecule has 5 N–H and O–H groups in total. The molecule has 0 bridgehead atoms. The van der Waals surface area contributed by atoms with E-state index in [1.54, 1.807) is 31.4 Å². The van der Waals surface area contributed by atoms with Gasteiger partial charge in [0.15, 0.2) is 0 Å². The van der Waals surface area contributed by atoms with Gasteiger partial charge in [0.25, 0.3) is 0 Å². The summed E-state index contributed by atoms with van der Waals surface area (Å²) in [6.07, 6.45) is 5.00. The summed E-state index contributed by atoms with van der Waals surface area (Å²) in [6.45, 7) is 3.99. The molecule has 0 aliphatic carbocycles. The number of ether oxygens (including phenoxy) is 1. The summed E-state index contributed by atoms with van der Waals surface area (Å²) in [6, 6.07) is 6.57. The van der Waals surface area contributed by atoms with Gasteiger partial charge in [-0.25, -0.2) is 0 Å². The van der Waals surface area contributed by atoms with Crippen molar-refractivity contribution in [3.8, 4) is 11.5 Å². The molecule has 5 heteroatoms. The van der Waals surface area contributed by atoms with Crippen LogP contribution < -0.4 is 10.9 Å². The molecule has 0 radical (unpaired) electrons. The van der Waals surface area contributed by atoms with Crippen LogP contribution in [0.15, 0.2) is 24.3 Å². The van der Waals surface area contributed by atoms with E-state index in [1.807, 2.05) is 0 Å². The van der Waals surface area contributed by atoms with Crippen molar-refractivity contribution in [1.29, 1.82) is 0 Å². The molecule has 0 spiro atoms. The Morgan fingerprint density at radius 2 is 1.75 bits per heavy atom. The number of benzene rings is 1. The third-order valence-corrected chi connectivity index (χ3v) is 3.36. The number of phenols is 1. The van der Waals surface area contributed by atoms with Crippen molar-refractivity contribution in [2.24, 2.45) is 5.92 Å². The number of piperidine rings is 1. The van der Waals surface area contributed by atoms with Crippen LogP contribution in [0.1, 0.15) is 32.6 Å². The highest BCUT2D eigenvalue weighted by atomic mass is 16.5. The Kier molecular flexibility index (Phi) is 9.80. The van der Waals surface area contributed by atoms with E-state index in [4.69, 9.17) is 15.1 Å². The number of hydrogen-bond donors (Lipinski definition) is 3. The van der Waals surface area contributed by atoms with Gasteiger partial charge in [0.1, 0.15) is 11.5 Å². The minimum absolute atomic E-state index is 0. The second-order valence-electron chi connectivity index (χ2n) is 4.88. The summed E-state index contributed by atoms with van der Waals surface area (Å²) in [4.78, 5) is 0. The Labute approximate surface area is 121 Å². The van der Waals surface area contributed by atoms with Crippen LogP contribution in [0.3, 0.4) is 0 Å². The molecule has 116 valence electrons. The number of hydrogen-bond acceptors (Lipinski definition) is 5. The van der Waals surface area contributed by atoms with Crippen molar-refractivity contribution < 1.29 is 15.1 Å². The standard InChI is InChI=1S/C8H17NO.C7H8O2.H3N/c1-2-3-8-4-6-9(10)7-5-8;1-9-7-4-2-6(8)3-5-7;/h8,10H,2-7H2,1H3;2-5,8H,1H3;1H3. The highest BCUT2D eigenvalue weighted by molar-refractivity contribution is 5.29. The Bertz CT molecular complexity index is 335. The maximum atomic E-state index is 9.03. The lowest BCUT2D eigenvalue weighted by atomic mass is 9.93. The first-order valence-corrected chi connectivity index (χ1v) is 6.92.